The highest BCUT2D eigenvalue weighted by Gasteiger charge is 2.59. The topological polar surface area (TPSA) is 65.6 Å². The van der Waals surface area contributed by atoms with Gasteiger partial charge in [0.15, 0.2) is 0 Å². The van der Waals surface area contributed by atoms with E-state index in [0.29, 0.717) is 12.5 Å². The van der Waals surface area contributed by atoms with Crippen molar-refractivity contribution in [1.29, 1.82) is 0 Å². The number of ether oxygens (including phenoxy) is 1. The summed E-state index contributed by atoms with van der Waals surface area (Å²) in [7, 11) is 0. The van der Waals surface area contributed by atoms with Crippen LogP contribution in [-0.4, -0.2) is 44.7 Å². The summed E-state index contributed by atoms with van der Waals surface area (Å²) in [4.78, 5) is 19.1. The molecule has 5 aliphatic rings. The Balaban J connectivity index is 1.26. The fourth-order valence-corrected chi connectivity index (χ4v) is 7.20. The van der Waals surface area contributed by atoms with Gasteiger partial charge in [0.1, 0.15) is 5.75 Å². The molecule has 3 saturated carbocycles. The largest absolute Gasteiger partial charge is 0.489 e. The normalized spacial score (nSPS) is 35.0. The van der Waals surface area contributed by atoms with Crippen LogP contribution in [0.25, 0.3) is 10.9 Å². The Morgan fingerprint density at radius 2 is 1.97 bits per heavy atom. The van der Waals surface area contributed by atoms with E-state index in [1.54, 1.807) is 0 Å². The van der Waals surface area contributed by atoms with Crippen LogP contribution in [0.1, 0.15) is 82.3 Å². The fraction of sp³-hybridized carbons (Fsp3) is 0.654. The summed E-state index contributed by atoms with van der Waals surface area (Å²) in [5.41, 5.74) is 3.07. The van der Waals surface area contributed by atoms with Crippen molar-refractivity contribution in [3.8, 4) is 5.75 Å². The molecule has 0 spiro atoms. The number of carbonyl (C=O) groups is 1. The molecule has 166 valence electrons. The quantitative estimate of drug-likeness (QED) is 0.727. The lowest BCUT2D eigenvalue weighted by Gasteiger charge is -2.63. The standard InChI is InChI=1S/C26H34N2O3/c1-15-4-7-21-23(24(15)31-19-5-6-19)20(13-27-21)16(2)8-22(29)28-17-9-25(3)10-18(28)12-26(30,11-17)14-25/h4,7,13,16-19,27,30H,5-6,8-12,14H2,1-3H3. The highest BCUT2D eigenvalue weighted by molar-refractivity contribution is 5.92. The number of fused-ring (bicyclic) bond motifs is 1. The molecule has 3 heterocycles. The average molecular weight is 423 g/mol. The zero-order chi connectivity index (χ0) is 21.5. The predicted molar refractivity (Wildman–Crippen MR) is 120 cm³/mol. The second-order valence-corrected chi connectivity index (χ2v) is 11.4. The third-order valence-electron chi connectivity index (χ3n) is 8.37. The van der Waals surface area contributed by atoms with Crippen molar-refractivity contribution < 1.29 is 14.6 Å². The monoisotopic (exact) mass is 422 g/mol. The number of aliphatic hydroxyl groups is 1. The number of hydrogen-bond donors (Lipinski definition) is 2. The average Bonchev–Trinajstić information content (AvgIpc) is 3.37. The van der Waals surface area contributed by atoms with Crippen LogP contribution in [0.4, 0.5) is 0 Å². The first-order valence-corrected chi connectivity index (χ1v) is 12.0. The van der Waals surface area contributed by atoms with Gasteiger partial charge in [-0.2, -0.15) is 0 Å². The number of carbonyl (C=O) groups excluding carboxylic acids is 1. The van der Waals surface area contributed by atoms with Gasteiger partial charge in [0.05, 0.1) is 11.7 Å². The number of aromatic nitrogens is 1. The van der Waals surface area contributed by atoms with Gasteiger partial charge in [-0.1, -0.05) is 19.9 Å². The maximum atomic E-state index is 13.5. The molecule has 1 aromatic carbocycles. The number of benzene rings is 1. The molecule has 5 nitrogen and oxygen atoms in total. The maximum absolute atomic E-state index is 13.5. The van der Waals surface area contributed by atoms with Crippen molar-refractivity contribution in [3.05, 3.63) is 29.5 Å². The van der Waals surface area contributed by atoms with Crippen LogP contribution >= 0.6 is 0 Å². The van der Waals surface area contributed by atoms with Crippen molar-refractivity contribution in [1.82, 2.24) is 9.88 Å². The van der Waals surface area contributed by atoms with Gasteiger partial charge >= 0.3 is 0 Å². The molecule has 3 unspecified atom stereocenters. The van der Waals surface area contributed by atoms with Crippen LogP contribution in [0.5, 0.6) is 5.75 Å². The number of H-pyrrole nitrogens is 1. The molecule has 2 saturated heterocycles. The first-order chi connectivity index (χ1) is 14.7. The Morgan fingerprint density at radius 3 is 2.61 bits per heavy atom. The van der Waals surface area contributed by atoms with Gasteiger partial charge in [-0.25, -0.2) is 0 Å². The van der Waals surface area contributed by atoms with E-state index in [2.05, 4.69) is 49.0 Å². The lowest BCUT2D eigenvalue weighted by atomic mass is 9.54. The van der Waals surface area contributed by atoms with Gasteiger partial charge in [-0.05, 0) is 80.4 Å². The lowest BCUT2D eigenvalue weighted by Crippen LogP contribution is -2.68. The Kier molecular flexibility index (Phi) is 4.12. The number of amides is 1. The molecule has 31 heavy (non-hydrogen) atoms. The molecule has 3 atom stereocenters. The number of nitrogens with one attached hydrogen (secondary N) is 1. The molecule has 1 amide bonds. The van der Waals surface area contributed by atoms with Crippen LogP contribution < -0.4 is 4.74 Å². The maximum Gasteiger partial charge on any atom is 0.223 e. The molecule has 1 aromatic heterocycles. The molecule has 5 heteroatoms. The molecule has 0 radical (unpaired) electrons. The molecular formula is C26H34N2O3. The fourth-order valence-electron chi connectivity index (χ4n) is 7.20. The van der Waals surface area contributed by atoms with Gasteiger partial charge < -0.3 is 19.7 Å². The molecule has 7 rings (SSSR count). The van der Waals surface area contributed by atoms with Crippen molar-refractivity contribution in [2.45, 2.75) is 102 Å². The van der Waals surface area contributed by atoms with Gasteiger partial charge in [0.2, 0.25) is 5.91 Å². The highest BCUT2D eigenvalue weighted by atomic mass is 16.5. The SMILES string of the molecule is Cc1ccc2[nH]cc(C(C)CC(=O)N3C4CC5(C)CC3CC(O)(C4)C5)c2c1OC1CC1. The van der Waals surface area contributed by atoms with Crippen LogP contribution in [0.3, 0.4) is 0 Å². The van der Waals surface area contributed by atoms with Gasteiger partial charge in [-0.15, -0.1) is 0 Å². The number of nitrogens with zero attached hydrogens (tertiary/aromatic N) is 1. The number of aromatic amines is 1. The van der Waals surface area contributed by atoms with Gasteiger partial charge in [0, 0.05) is 35.6 Å². The molecule has 5 fully saturated rings. The molecular weight excluding hydrogens is 388 g/mol. The first kappa shape index (κ1) is 19.7. The molecule has 2 aliphatic heterocycles. The Labute approximate surface area is 184 Å². The summed E-state index contributed by atoms with van der Waals surface area (Å²) in [5, 5.41) is 12.1. The Hall–Kier alpha value is -2.01. The summed E-state index contributed by atoms with van der Waals surface area (Å²) >= 11 is 0. The number of aryl methyl sites for hydroxylation is 1. The third kappa shape index (κ3) is 3.19. The summed E-state index contributed by atoms with van der Waals surface area (Å²) in [5.74, 6) is 1.35. The molecule has 3 aliphatic carbocycles. The Morgan fingerprint density at radius 1 is 1.26 bits per heavy atom. The van der Waals surface area contributed by atoms with Crippen LogP contribution in [0.15, 0.2) is 18.3 Å². The zero-order valence-corrected chi connectivity index (χ0v) is 18.9. The van der Waals surface area contributed by atoms with Crippen molar-refractivity contribution in [3.63, 3.8) is 0 Å². The minimum atomic E-state index is -0.549. The van der Waals surface area contributed by atoms with E-state index in [1.165, 1.54) is 5.56 Å². The van der Waals surface area contributed by atoms with E-state index in [-0.39, 0.29) is 29.3 Å². The van der Waals surface area contributed by atoms with Crippen molar-refractivity contribution in [2.75, 3.05) is 0 Å². The predicted octanol–water partition coefficient (Wildman–Crippen LogP) is 4.81. The van der Waals surface area contributed by atoms with E-state index in [1.807, 2.05) is 0 Å². The van der Waals surface area contributed by atoms with Crippen molar-refractivity contribution >= 4 is 16.8 Å². The second-order valence-electron chi connectivity index (χ2n) is 11.4. The minimum Gasteiger partial charge on any atom is -0.489 e. The molecule has 4 bridgehead atoms. The molecule has 2 aromatic rings. The first-order valence-electron chi connectivity index (χ1n) is 12.0. The van der Waals surface area contributed by atoms with Crippen LogP contribution in [0.2, 0.25) is 0 Å². The van der Waals surface area contributed by atoms with E-state index in [9.17, 15) is 9.90 Å². The van der Waals surface area contributed by atoms with E-state index >= 15 is 0 Å². The van der Waals surface area contributed by atoms with E-state index in [4.69, 9.17) is 4.74 Å². The number of hydrogen-bond acceptors (Lipinski definition) is 3. The summed E-state index contributed by atoms with van der Waals surface area (Å²) in [6, 6.07) is 4.64. The summed E-state index contributed by atoms with van der Waals surface area (Å²) in [6.45, 7) is 6.57. The third-order valence-corrected chi connectivity index (χ3v) is 8.37. The zero-order valence-electron chi connectivity index (χ0n) is 18.9. The molecule has 2 N–H and O–H groups in total. The summed E-state index contributed by atoms with van der Waals surface area (Å²) in [6.07, 6.45) is 9.67. The number of rotatable bonds is 5. The smallest absolute Gasteiger partial charge is 0.223 e. The minimum absolute atomic E-state index is 0.112. The van der Waals surface area contributed by atoms with Gasteiger partial charge in [0.25, 0.3) is 0 Å². The van der Waals surface area contributed by atoms with E-state index < -0.39 is 5.60 Å². The van der Waals surface area contributed by atoms with Crippen LogP contribution in [0, 0.1) is 12.3 Å². The lowest BCUT2D eigenvalue weighted by molar-refractivity contribution is -0.193. The highest BCUT2D eigenvalue weighted by Crippen LogP contribution is 2.57. The van der Waals surface area contributed by atoms with E-state index in [0.717, 1.165) is 67.2 Å². The Bertz CT molecular complexity index is 1020. The second kappa shape index (κ2) is 6.50. The van der Waals surface area contributed by atoms with Crippen molar-refractivity contribution in [2.24, 2.45) is 5.41 Å². The number of piperidine rings is 2. The van der Waals surface area contributed by atoms with Crippen LogP contribution in [-0.2, 0) is 4.79 Å². The van der Waals surface area contributed by atoms with Gasteiger partial charge in [-0.3, -0.25) is 4.79 Å². The summed E-state index contributed by atoms with van der Waals surface area (Å²) < 4.78 is 6.30.